The average Bonchev–Trinajstić information content (AvgIpc) is 2.74. The summed E-state index contributed by atoms with van der Waals surface area (Å²) in [7, 11) is 0. The summed E-state index contributed by atoms with van der Waals surface area (Å²) in [6, 6.07) is 15.7. The third-order valence-electron chi connectivity index (χ3n) is 4.71. The van der Waals surface area contributed by atoms with E-state index in [2.05, 4.69) is 0 Å². The molecule has 2 aromatic rings. The molecule has 2 aromatic carbocycles. The van der Waals surface area contributed by atoms with Gasteiger partial charge in [-0.25, -0.2) is 9.59 Å². The number of hydrogen-bond donors (Lipinski definition) is 5. The lowest BCUT2D eigenvalue weighted by Gasteiger charge is -2.39. The standard InChI is InChI=1S/C20H20O9/c21-13-14(22)16(17(24)25)28-18(15(13)23)29-19(26)20(27,11-7-3-1-4-8-11)12-9-5-2-6-10-12/h1-10,13-16,18,21-23,27H,(H,24,25)/t13-,14-,15+,16-,18-/m0/s1. The molecular weight excluding hydrogens is 384 g/mol. The summed E-state index contributed by atoms with van der Waals surface area (Å²) in [5, 5.41) is 50.1. The largest absolute Gasteiger partial charge is 0.479 e. The highest BCUT2D eigenvalue weighted by Crippen LogP contribution is 2.33. The zero-order valence-electron chi connectivity index (χ0n) is 15.0. The molecule has 0 bridgehead atoms. The van der Waals surface area contributed by atoms with E-state index >= 15 is 0 Å². The van der Waals surface area contributed by atoms with Crippen LogP contribution < -0.4 is 0 Å². The Hall–Kier alpha value is -2.82. The summed E-state index contributed by atoms with van der Waals surface area (Å²) in [6.07, 6.45) is -9.67. The Balaban J connectivity index is 1.94. The van der Waals surface area contributed by atoms with Gasteiger partial charge >= 0.3 is 11.9 Å². The number of carboxylic acid groups (broad SMARTS) is 1. The Morgan fingerprint density at radius 1 is 0.828 bits per heavy atom. The second-order valence-electron chi connectivity index (χ2n) is 6.58. The van der Waals surface area contributed by atoms with Gasteiger partial charge in [-0.1, -0.05) is 60.7 Å². The van der Waals surface area contributed by atoms with Gasteiger partial charge in [-0.3, -0.25) is 0 Å². The molecule has 0 saturated carbocycles. The fourth-order valence-electron chi connectivity index (χ4n) is 3.10. The lowest BCUT2D eigenvalue weighted by Crippen LogP contribution is -2.61. The smallest absolute Gasteiger partial charge is 0.350 e. The van der Waals surface area contributed by atoms with Gasteiger partial charge in [0.15, 0.2) is 6.10 Å². The van der Waals surface area contributed by atoms with E-state index in [4.69, 9.17) is 14.6 Å². The van der Waals surface area contributed by atoms with Gasteiger partial charge in [0.05, 0.1) is 0 Å². The van der Waals surface area contributed by atoms with Crippen LogP contribution in [0.4, 0.5) is 0 Å². The SMILES string of the molecule is O=C(O)[C@H]1O[C@@H](OC(=O)C(O)(c2ccccc2)c2ccccc2)[C@H](O)[C@@H](O)[C@@H]1O. The molecule has 0 spiro atoms. The summed E-state index contributed by atoms with van der Waals surface area (Å²) in [5.74, 6) is -2.88. The van der Waals surface area contributed by atoms with Gasteiger partial charge in [0.1, 0.15) is 18.3 Å². The number of rotatable bonds is 5. The monoisotopic (exact) mass is 404 g/mol. The van der Waals surface area contributed by atoms with Crippen molar-refractivity contribution in [2.24, 2.45) is 0 Å². The number of carbonyl (C=O) groups excluding carboxylic acids is 1. The molecule has 1 aliphatic heterocycles. The molecule has 0 unspecified atom stereocenters. The highest BCUT2D eigenvalue weighted by molar-refractivity contribution is 5.85. The third-order valence-corrected chi connectivity index (χ3v) is 4.71. The number of benzene rings is 2. The molecule has 0 amide bonds. The van der Waals surface area contributed by atoms with Crippen molar-refractivity contribution in [2.75, 3.05) is 0 Å². The van der Waals surface area contributed by atoms with Gasteiger partial charge in [-0.2, -0.15) is 0 Å². The van der Waals surface area contributed by atoms with Crippen LogP contribution in [-0.4, -0.2) is 68.2 Å². The zero-order chi connectivity index (χ0) is 21.2. The minimum absolute atomic E-state index is 0.164. The Labute approximate surface area is 165 Å². The molecule has 1 aliphatic rings. The van der Waals surface area contributed by atoms with Crippen molar-refractivity contribution in [2.45, 2.75) is 36.3 Å². The Bertz CT molecular complexity index is 815. The van der Waals surface area contributed by atoms with Crippen LogP contribution in [0.5, 0.6) is 0 Å². The number of hydrogen-bond acceptors (Lipinski definition) is 8. The molecule has 29 heavy (non-hydrogen) atoms. The van der Waals surface area contributed by atoms with Gasteiger partial charge in [0.2, 0.25) is 11.9 Å². The first kappa shape index (κ1) is 20.9. The number of esters is 1. The summed E-state index contributed by atoms with van der Waals surface area (Å²) in [5.41, 5.74) is -1.97. The normalized spacial score (nSPS) is 27.2. The van der Waals surface area contributed by atoms with E-state index in [0.29, 0.717) is 0 Å². The van der Waals surface area contributed by atoms with Gasteiger partial charge in [-0.15, -0.1) is 0 Å². The molecule has 1 fully saturated rings. The summed E-state index contributed by atoms with van der Waals surface area (Å²) >= 11 is 0. The molecule has 0 aliphatic carbocycles. The molecule has 0 aromatic heterocycles. The highest BCUT2D eigenvalue weighted by atomic mass is 16.7. The van der Waals surface area contributed by atoms with Crippen molar-refractivity contribution in [3.05, 3.63) is 71.8 Å². The van der Waals surface area contributed by atoms with E-state index in [-0.39, 0.29) is 11.1 Å². The van der Waals surface area contributed by atoms with Crippen LogP contribution in [0.1, 0.15) is 11.1 Å². The Morgan fingerprint density at radius 2 is 1.31 bits per heavy atom. The van der Waals surface area contributed by atoms with Crippen molar-refractivity contribution >= 4 is 11.9 Å². The van der Waals surface area contributed by atoms with Crippen molar-refractivity contribution in [3.63, 3.8) is 0 Å². The summed E-state index contributed by atoms with van der Waals surface area (Å²) in [6.45, 7) is 0. The number of aliphatic carboxylic acids is 1. The topological polar surface area (TPSA) is 154 Å². The van der Waals surface area contributed by atoms with Crippen LogP contribution in [0.2, 0.25) is 0 Å². The maximum absolute atomic E-state index is 13.0. The quantitative estimate of drug-likeness (QED) is 0.409. The summed E-state index contributed by atoms with van der Waals surface area (Å²) < 4.78 is 10.0. The van der Waals surface area contributed by atoms with E-state index in [1.54, 1.807) is 36.4 Å². The number of carbonyl (C=O) groups is 2. The number of ether oxygens (including phenoxy) is 2. The summed E-state index contributed by atoms with van der Waals surface area (Å²) in [4.78, 5) is 24.2. The minimum atomic E-state index is -2.30. The van der Waals surface area contributed by atoms with E-state index in [1.165, 1.54) is 24.3 Å². The number of carboxylic acids is 1. The lowest BCUT2D eigenvalue weighted by molar-refractivity contribution is -0.290. The van der Waals surface area contributed by atoms with Crippen LogP contribution in [0, 0.1) is 0 Å². The fourth-order valence-corrected chi connectivity index (χ4v) is 3.10. The first-order valence-electron chi connectivity index (χ1n) is 8.73. The first-order valence-corrected chi connectivity index (χ1v) is 8.73. The lowest BCUT2D eigenvalue weighted by atomic mass is 9.86. The molecule has 154 valence electrons. The predicted molar refractivity (Wildman–Crippen MR) is 96.3 cm³/mol. The second-order valence-corrected chi connectivity index (χ2v) is 6.58. The molecular formula is C20H20O9. The van der Waals surface area contributed by atoms with E-state index in [0.717, 1.165) is 0 Å². The van der Waals surface area contributed by atoms with Crippen LogP contribution in [0.15, 0.2) is 60.7 Å². The Morgan fingerprint density at radius 3 is 1.76 bits per heavy atom. The molecule has 9 heteroatoms. The fraction of sp³-hybridized carbons (Fsp3) is 0.300. The maximum atomic E-state index is 13.0. The predicted octanol–water partition coefficient (Wildman–Crippen LogP) is -0.642. The molecule has 3 rings (SSSR count). The van der Waals surface area contributed by atoms with Crippen LogP contribution in [-0.2, 0) is 24.7 Å². The molecule has 0 radical (unpaired) electrons. The van der Waals surface area contributed by atoms with E-state index < -0.39 is 48.2 Å². The highest BCUT2D eigenvalue weighted by Gasteiger charge is 2.51. The van der Waals surface area contributed by atoms with E-state index in [1.807, 2.05) is 0 Å². The number of aliphatic hydroxyl groups is 4. The molecule has 5 atom stereocenters. The van der Waals surface area contributed by atoms with Crippen LogP contribution >= 0.6 is 0 Å². The number of aliphatic hydroxyl groups excluding tert-OH is 3. The molecule has 5 N–H and O–H groups in total. The van der Waals surface area contributed by atoms with Crippen LogP contribution in [0.25, 0.3) is 0 Å². The van der Waals surface area contributed by atoms with Crippen molar-refractivity contribution in [1.82, 2.24) is 0 Å². The Kier molecular flexibility index (Phi) is 5.96. The minimum Gasteiger partial charge on any atom is -0.479 e. The molecule has 1 saturated heterocycles. The van der Waals surface area contributed by atoms with Crippen molar-refractivity contribution in [1.29, 1.82) is 0 Å². The molecule has 9 nitrogen and oxygen atoms in total. The second kappa shape index (κ2) is 8.27. The van der Waals surface area contributed by atoms with Gasteiger partial charge in [0.25, 0.3) is 0 Å². The zero-order valence-corrected chi connectivity index (χ0v) is 15.0. The van der Waals surface area contributed by atoms with Crippen molar-refractivity contribution < 1.29 is 44.6 Å². The van der Waals surface area contributed by atoms with Crippen LogP contribution in [0.3, 0.4) is 0 Å². The third kappa shape index (κ3) is 3.86. The van der Waals surface area contributed by atoms with Gasteiger partial charge in [0, 0.05) is 0 Å². The van der Waals surface area contributed by atoms with Gasteiger partial charge in [-0.05, 0) is 11.1 Å². The van der Waals surface area contributed by atoms with Crippen molar-refractivity contribution in [3.8, 4) is 0 Å². The molecule has 1 heterocycles. The average molecular weight is 404 g/mol. The maximum Gasteiger partial charge on any atom is 0.350 e. The first-order chi connectivity index (χ1) is 13.8. The van der Waals surface area contributed by atoms with Gasteiger partial charge < -0.3 is 35.0 Å². The van der Waals surface area contributed by atoms with E-state index in [9.17, 15) is 30.0 Å².